The van der Waals surface area contributed by atoms with Crippen molar-refractivity contribution in [3.05, 3.63) is 30.6 Å². The summed E-state index contributed by atoms with van der Waals surface area (Å²) in [5, 5.41) is 3.03. The van der Waals surface area contributed by atoms with E-state index in [1.165, 1.54) is 0 Å². The fourth-order valence-corrected chi connectivity index (χ4v) is 3.82. The third-order valence-corrected chi connectivity index (χ3v) is 5.42. The van der Waals surface area contributed by atoms with Crippen LogP contribution in [0.4, 0.5) is 14.7 Å². The summed E-state index contributed by atoms with van der Waals surface area (Å²) >= 11 is 0. The van der Waals surface area contributed by atoms with Crippen molar-refractivity contribution >= 4 is 11.9 Å². The van der Waals surface area contributed by atoms with Crippen molar-refractivity contribution in [1.82, 2.24) is 20.3 Å². The molecule has 4 rings (SSSR count). The quantitative estimate of drug-likeness (QED) is 0.862. The smallest absolute Gasteiger partial charge is 0.248 e. The summed E-state index contributed by atoms with van der Waals surface area (Å²) in [7, 11) is 0. The van der Waals surface area contributed by atoms with Gasteiger partial charge in [-0.3, -0.25) is 4.79 Å². The molecule has 0 bridgehead atoms. The Hall–Kier alpha value is -2.51. The van der Waals surface area contributed by atoms with Crippen LogP contribution in [-0.4, -0.2) is 45.9 Å². The second-order valence-electron chi connectivity index (χ2n) is 7.40. The van der Waals surface area contributed by atoms with E-state index in [-0.39, 0.29) is 43.6 Å². The second kappa shape index (κ2) is 7.25. The Morgan fingerprint density at radius 2 is 2.07 bits per heavy atom. The van der Waals surface area contributed by atoms with Crippen LogP contribution in [0.1, 0.15) is 32.1 Å². The summed E-state index contributed by atoms with van der Waals surface area (Å²) in [6.45, 7) is 1.38. The molecular formula is C19H23F2N5O. The van der Waals surface area contributed by atoms with Gasteiger partial charge in [0, 0.05) is 50.3 Å². The summed E-state index contributed by atoms with van der Waals surface area (Å²) < 4.78 is 26.5. The van der Waals surface area contributed by atoms with E-state index >= 15 is 0 Å². The van der Waals surface area contributed by atoms with Crippen LogP contribution < -0.4 is 10.2 Å². The molecule has 27 heavy (non-hydrogen) atoms. The van der Waals surface area contributed by atoms with Gasteiger partial charge < -0.3 is 15.2 Å². The van der Waals surface area contributed by atoms with E-state index in [9.17, 15) is 13.6 Å². The largest absolute Gasteiger partial charge is 0.360 e. The zero-order chi connectivity index (χ0) is 18.9. The Kier molecular flexibility index (Phi) is 4.80. The zero-order valence-corrected chi connectivity index (χ0v) is 15.0. The number of alkyl halides is 2. The lowest BCUT2D eigenvalue weighted by molar-refractivity contribution is -0.129. The molecule has 1 atom stereocenters. The molecule has 8 heteroatoms. The number of carbonyl (C=O) groups is 1. The molecule has 1 saturated carbocycles. The molecule has 2 N–H and O–H groups in total. The van der Waals surface area contributed by atoms with Gasteiger partial charge in [0.25, 0.3) is 0 Å². The Labute approximate surface area is 156 Å². The number of H-pyrrole nitrogens is 1. The molecule has 3 heterocycles. The number of rotatable bonds is 4. The lowest BCUT2D eigenvalue weighted by Gasteiger charge is -2.28. The molecule has 144 valence electrons. The van der Waals surface area contributed by atoms with Crippen LogP contribution in [0.15, 0.2) is 30.6 Å². The average Bonchev–Trinajstić information content (AvgIpc) is 3.34. The van der Waals surface area contributed by atoms with Crippen LogP contribution in [-0.2, 0) is 4.79 Å². The van der Waals surface area contributed by atoms with Crippen molar-refractivity contribution in [3.8, 4) is 11.4 Å². The van der Waals surface area contributed by atoms with Crippen molar-refractivity contribution in [2.45, 2.75) is 44.1 Å². The first kappa shape index (κ1) is 17.9. The van der Waals surface area contributed by atoms with Gasteiger partial charge >= 0.3 is 0 Å². The number of aromatic amines is 1. The molecule has 0 spiro atoms. The third-order valence-electron chi connectivity index (χ3n) is 5.42. The lowest BCUT2D eigenvalue weighted by atomic mass is 9.86. The fourth-order valence-electron chi connectivity index (χ4n) is 3.82. The Morgan fingerprint density at radius 3 is 2.81 bits per heavy atom. The number of nitrogens with one attached hydrogen (secondary N) is 2. The van der Waals surface area contributed by atoms with Crippen LogP contribution in [0.25, 0.3) is 11.4 Å². The SMILES string of the molecule is O=C(NC1CCN(c2nccc(-c3ccc[nH]3)n2)C1)C1CCC(F)(F)CC1. The third kappa shape index (κ3) is 4.09. The van der Waals surface area contributed by atoms with Gasteiger partial charge in [0.15, 0.2) is 0 Å². The van der Waals surface area contributed by atoms with Crippen molar-refractivity contribution < 1.29 is 13.6 Å². The molecule has 1 unspecified atom stereocenters. The fraction of sp³-hybridized carbons (Fsp3) is 0.526. The summed E-state index contributed by atoms with van der Waals surface area (Å²) in [5.41, 5.74) is 1.75. The number of aromatic nitrogens is 3. The van der Waals surface area contributed by atoms with E-state index in [0.29, 0.717) is 12.5 Å². The Bertz CT molecular complexity index is 785. The Balaban J connectivity index is 1.34. The van der Waals surface area contributed by atoms with Gasteiger partial charge in [0.05, 0.1) is 11.4 Å². The minimum atomic E-state index is -2.61. The normalized spacial score (nSPS) is 22.7. The number of hydrogen-bond donors (Lipinski definition) is 2. The molecule has 6 nitrogen and oxygen atoms in total. The van der Waals surface area contributed by atoms with Crippen molar-refractivity contribution in [2.24, 2.45) is 5.92 Å². The highest BCUT2D eigenvalue weighted by Gasteiger charge is 2.38. The first-order valence-electron chi connectivity index (χ1n) is 9.40. The summed E-state index contributed by atoms with van der Waals surface area (Å²) in [6, 6.07) is 5.72. The average molecular weight is 375 g/mol. The molecular weight excluding hydrogens is 352 g/mol. The minimum Gasteiger partial charge on any atom is -0.360 e. The monoisotopic (exact) mass is 375 g/mol. The summed E-state index contributed by atoms with van der Waals surface area (Å²) in [4.78, 5) is 26.5. The zero-order valence-electron chi connectivity index (χ0n) is 15.0. The van der Waals surface area contributed by atoms with E-state index in [4.69, 9.17) is 0 Å². The van der Waals surface area contributed by atoms with Crippen LogP contribution >= 0.6 is 0 Å². The highest BCUT2D eigenvalue weighted by atomic mass is 19.3. The van der Waals surface area contributed by atoms with Crippen molar-refractivity contribution in [2.75, 3.05) is 18.0 Å². The van der Waals surface area contributed by atoms with E-state index < -0.39 is 5.92 Å². The molecule has 0 aromatic carbocycles. The first-order chi connectivity index (χ1) is 13.0. The topological polar surface area (TPSA) is 73.9 Å². The number of amides is 1. The molecule has 2 fully saturated rings. The number of hydrogen-bond acceptors (Lipinski definition) is 4. The van der Waals surface area contributed by atoms with Crippen LogP contribution in [0, 0.1) is 5.92 Å². The van der Waals surface area contributed by atoms with Crippen LogP contribution in [0.2, 0.25) is 0 Å². The Morgan fingerprint density at radius 1 is 1.26 bits per heavy atom. The van der Waals surface area contributed by atoms with Gasteiger partial charge in [-0.05, 0) is 37.5 Å². The van der Waals surface area contributed by atoms with E-state index in [2.05, 4.69) is 20.3 Å². The van der Waals surface area contributed by atoms with Crippen LogP contribution in [0.3, 0.4) is 0 Å². The number of halogens is 2. The van der Waals surface area contributed by atoms with Gasteiger partial charge in [-0.1, -0.05) is 0 Å². The first-order valence-corrected chi connectivity index (χ1v) is 9.40. The number of anilines is 1. The molecule has 2 aliphatic rings. The van der Waals surface area contributed by atoms with Gasteiger partial charge in [0.2, 0.25) is 17.8 Å². The van der Waals surface area contributed by atoms with Crippen LogP contribution in [0.5, 0.6) is 0 Å². The molecule has 2 aromatic rings. The standard InChI is InChI=1S/C19H23F2N5O/c20-19(21)7-3-13(4-8-19)17(27)24-14-6-11-26(12-14)18-23-10-5-16(25-18)15-2-1-9-22-15/h1-2,5,9-10,13-14,22H,3-4,6-8,11-12H2,(H,24,27). The van der Waals surface area contributed by atoms with E-state index in [1.807, 2.05) is 29.3 Å². The highest BCUT2D eigenvalue weighted by molar-refractivity contribution is 5.79. The maximum atomic E-state index is 13.3. The molecule has 1 aliphatic carbocycles. The molecule has 1 amide bonds. The summed E-state index contributed by atoms with van der Waals surface area (Å²) in [5.74, 6) is -2.37. The maximum absolute atomic E-state index is 13.3. The highest BCUT2D eigenvalue weighted by Crippen LogP contribution is 2.36. The molecule has 2 aromatic heterocycles. The predicted octanol–water partition coefficient (Wildman–Crippen LogP) is 2.99. The van der Waals surface area contributed by atoms with E-state index in [0.717, 1.165) is 24.4 Å². The van der Waals surface area contributed by atoms with Gasteiger partial charge in [0.1, 0.15) is 0 Å². The maximum Gasteiger partial charge on any atom is 0.248 e. The van der Waals surface area contributed by atoms with Crippen molar-refractivity contribution in [3.63, 3.8) is 0 Å². The lowest BCUT2D eigenvalue weighted by Crippen LogP contribution is -2.42. The molecule has 1 saturated heterocycles. The predicted molar refractivity (Wildman–Crippen MR) is 97.5 cm³/mol. The second-order valence-corrected chi connectivity index (χ2v) is 7.40. The minimum absolute atomic E-state index is 0.00215. The van der Waals surface area contributed by atoms with Gasteiger partial charge in [-0.2, -0.15) is 0 Å². The van der Waals surface area contributed by atoms with E-state index in [1.54, 1.807) is 6.20 Å². The number of carbonyl (C=O) groups excluding carboxylic acids is 1. The van der Waals surface area contributed by atoms with Crippen molar-refractivity contribution in [1.29, 1.82) is 0 Å². The van der Waals surface area contributed by atoms with Gasteiger partial charge in [-0.15, -0.1) is 0 Å². The van der Waals surface area contributed by atoms with Gasteiger partial charge in [-0.25, -0.2) is 18.7 Å². The number of nitrogens with zero attached hydrogens (tertiary/aromatic N) is 3. The summed E-state index contributed by atoms with van der Waals surface area (Å²) in [6.07, 6.45) is 4.51. The molecule has 1 aliphatic heterocycles. The molecule has 0 radical (unpaired) electrons.